The summed E-state index contributed by atoms with van der Waals surface area (Å²) in [5, 5.41) is 7.57. The molecule has 1 aromatic heterocycles. The van der Waals surface area contributed by atoms with Gasteiger partial charge in [0.05, 0.1) is 17.1 Å². The third kappa shape index (κ3) is 4.23. The predicted molar refractivity (Wildman–Crippen MR) is 94.5 cm³/mol. The van der Waals surface area contributed by atoms with E-state index in [9.17, 15) is 8.42 Å². The molecule has 0 spiro atoms. The largest absolute Gasteiger partial charge is 0.309 e. The van der Waals surface area contributed by atoms with Crippen molar-refractivity contribution in [2.75, 3.05) is 6.54 Å². The fraction of sp³-hybridized carbons (Fsp3) is 0.471. The molecule has 1 aliphatic rings. The maximum Gasteiger partial charge on any atom is 0.214 e. The zero-order valence-corrected chi connectivity index (χ0v) is 14.9. The monoisotopic (exact) mass is 348 g/mol. The Balaban J connectivity index is 1.51. The van der Waals surface area contributed by atoms with Gasteiger partial charge in [-0.1, -0.05) is 18.2 Å². The molecular formula is C17H24N4O2S. The molecule has 0 unspecified atom stereocenters. The first kappa shape index (κ1) is 17.1. The van der Waals surface area contributed by atoms with Crippen molar-refractivity contribution >= 4 is 10.0 Å². The number of hydrogen-bond donors (Lipinski definition) is 2. The number of para-hydroxylation sites is 1. The number of nitrogens with one attached hydrogen (secondary N) is 2. The van der Waals surface area contributed by atoms with Gasteiger partial charge in [-0.15, -0.1) is 0 Å². The van der Waals surface area contributed by atoms with E-state index in [1.165, 1.54) is 5.56 Å². The van der Waals surface area contributed by atoms with E-state index in [-0.39, 0.29) is 11.3 Å². The lowest BCUT2D eigenvalue weighted by atomic mass is 10.2. The Kier molecular flexibility index (Phi) is 5.03. The van der Waals surface area contributed by atoms with Crippen LogP contribution in [-0.2, 0) is 16.6 Å². The smallest absolute Gasteiger partial charge is 0.214 e. The van der Waals surface area contributed by atoms with Crippen molar-refractivity contribution in [3.63, 3.8) is 0 Å². The summed E-state index contributed by atoms with van der Waals surface area (Å²) in [7, 11) is -3.11. The van der Waals surface area contributed by atoms with Gasteiger partial charge in [-0.3, -0.25) is 0 Å². The van der Waals surface area contributed by atoms with Gasteiger partial charge in [-0.05, 0) is 38.3 Å². The standard InChI is InChI=1S/C17H24N4O2S/c1-13-5-3-4-6-17(13)21-12-15(11-19-21)10-18-14(2)9-20-24(22,23)16-7-8-16/h3-6,11-12,14,16,18,20H,7-10H2,1-2H3/t14-/m1/s1. The van der Waals surface area contributed by atoms with Crippen LogP contribution in [0.3, 0.4) is 0 Å². The van der Waals surface area contributed by atoms with Gasteiger partial charge in [0.15, 0.2) is 0 Å². The average Bonchev–Trinajstić information content (AvgIpc) is 3.32. The lowest BCUT2D eigenvalue weighted by molar-refractivity contribution is 0.524. The van der Waals surface area contributed by atoms with E-state index in [1.54, 1.807) is 0 Å². The maximum atomic E-state index is 11.8. The van der Waals surface area contributed by atoms with Crippen molar-refractivity contribution in [2.45, 2.75) is 44.5 Å². The van der Waals surface area contributed by atoms with Crippen LogP contribution < -0.4 is 10.0 Å². The fourth-order valence-electron chi connectivity index (χ4n) is 2.51. The van der Waals surface area contributed by atoms with E-state index in [0.29, 0.717) is 13.1 Å². The number of aromatic nitrogens is 2. The molecule has 1 fully saturated rings. The molecule has 2 aromatic rings. The summed E-state index contributed by atoms with van der Waals surface area (Å²) < 4.78 is 28.2. The number of nitrogens with zero attached hydrogens (tertiary/aromatic N) is 2. The minimum absolute atomic E-state index is 0.0559. The van der Waals surface area contributed by atoms with E-state index in [4.69, 9.17) is 0 Å². The van der Waals surface area contributed by atoms with Gasteiger partial charge < -0.3 is 5.32 Å². The highest BCUT2D eigenvalue weighted by atomic mass is 32.2. The van der Waals surface area contributed by atoms with Crippen LogP contribution >= 0.6 is 0 Å². The Morgan fingerprint density at radius 3 is 2.79 bits per heavy atom. The third-order valence-electron chi connectivity index (χ3n) is 4.21. The van der Waals surface area contributed by atoms with Gasteiger partial charge in [0.1, 0.15) is 0 Å². The lowest BCUT2D eigenvalue weighted by Gasteiger charge is -2.14. The molecule has 0 aliphatic heterocycles. The first-order valence-corrected chi connectivity index (χ1v) is 9.82. The summed E-state index contributed by atoms with van der Waals surface area (Å²) in [5.41, 5.74) is 3.30. The van der Waals surface area contributed by atoms with E-state index in [2.05, 4.69) is 28.1 Å². The van der Waals surface area contributed by atoms with Crippen LogP contribution in [0, 0.1) is 6.92 Å². The van der Waals surface area contributed by atoms with Crippen molar-refractivity contribution in [2.24, 2.45) is 0 Å². The van der Waals surface area contributed by atoms with Gasteiger partial charge in [-0.25, -0.2) is 17.8 Å². The molecule has 1 heterocycles. The zero-order chi connectivity index (χ0) is 17.2. The summed E-state index contributed by atoms with van der Waals surface area (Å²) in [6.07, 6.45) is 5.40. The van der Waals surface area contributed by atoms with Crippen molar-refractivity contribution in [1.29, 1.82) is 0 Å². The molecule has 130 valence electrons. The first-order valence-electron chi connectivity index (χ1n) is 8.27. The highest BCUT2D eigenvalue weighted by Crippen LogP contribution is 2.27. The minimum atomic E-state index is -3.11. The molecule has 7 heteroatoms. The van der Waals surface area contributed by atoms with E-state index >= 15 is 0 Å². The van der Waals surface area contributed by atoms with Crippen LogP contribution in [0.5, 0.6) is 0 Å². The molecule has 0 radical (unpaired) electrons. The highest BCUT2D eigenvalue weighted by molar-refractivity contribution is 7.90. The second kappa shape index (κ2) is 7.04. The zero-order valence-electron chi connectivity index (χ0n) is 14.1. The molecule has 0 amide bonds. The van der Waals surface area contributed by atoms with Gasteiger partial charge in [-0.2, -0.15) is 5.10 Å². The van der Waals surface area contributed by atoms with Crippen molar-refractivity contribution in [3.8, 4) is 5.69 Å². The van der Waals surface area contributed by atoms with E-state index in [0.717, 1.165) is 24.1 Å². The molecule has 0 bridgehead atoms. The highest BCUT2D eigenvalue weighted by Gasteiger charge is 2.35. The topological polar surface area (TPSA) is 76.0 Å². The summed E-state index contributed by atoms with van der Waals surface area (Å²) in [6, 6.07) is 8.16. The minimum Gasteiger partial charge on any atom is -0.309 e. The number of sulfonamides is 1. The molecule has 1 aliphatic carbocycles. The Morgan fingerprint density at radius 2 is 2.08 bits per heavy atom. The molecule has 1 saturated carbocycles. The van der Waals surface area contributed by atoms with Crippen LogP contribution in [0.25, 0.3) is 5.69 Å². The molecule has 3 rings (SSSR count). The van der Waals surface area contributed by atoms with Gasteiger partial charge in [0.25, 0.3) is 0 Å². The Bertz CT molecular complexity index is 796. The first-order chi connectivity index (χ1) is 11.5. The number of benzene rings is 1. The molecule has 24 heavy (non-hydrogen) atoms. The second-order valence-corrected chi connectivity index (χ2v) is 8.50. The SMILES string of the molecule is Cc1ccccc1-n1cc(CN[C@H](C)CNS(=O)(=O)C2CC2)cn1. The fourth-order valence-corrected chi connectivity index (χ4v) is 3.98. The maximum absolute atomic E-state index is 11.8. The van der Waals surface area contributed by atoms with Crippen LogP contribution in [0.1, 0.15) is 30.9 Å². The molecular weight excluding hydrogens is 324 g/mol. The van der Waals surface area contributed by atoms with E-state index in [1.807, 2.05) is 42.2 Å². The summed E-state index contributed by atoms with van der Waals surface area (Å²) >= 11 is 0. The van der Waals surface area contributed by atoms with Gasteiger partial charge in [0, 0.05) is 30.9 Å². The third-order valence-corrected chi connectivity index (χ3v) is 6.13. The average molecular weight is 348 g/mol. The molecule has 2 N–H and O–H groups in total. The molecule has 1 aromatic carbocycles. The van der Waals surface area contributed by atoms with Crippen LogP contribution in [-0.4, -0.2) is 36.0 Å². The number of hydrogen-bond acceptors (Lipinski definition) is 4. The molecule has 1 atom stereocenters. The van der Waals surface area contributed by atoms with E-state index < -0.39 is 10.0 Å². The van der Waals surface area contributed by atoms with Crippen molar-refractivity contribution < 1.29 is 8.42 Å². The normalized spacial score (nSPS) is 16.2. The van der Waals surface area contributed by atoms with Crippen molar-refractivity contribution in [3.05, 3.63) is 47.8 Å². The summed E-state index contributed by atoms with van der Waals surface area (Å²) in [6.45, 7) is 5.09. The van der Waals surface area contributed by atoms with Crippen LogP contribution in [0.2, 0.25) is 0 Å². The van der Waals surface area contributed by atoms with Gasteiger partial charge >= 0.3 is 0 Å². The predicted octanol–water partition coefficient (Wildman–Crippen LogP) is 1.74. The summed E-state index contributed by atoms with van der Waals surface area (Å²) in [5.74, 6) is 0. The Hall–Kier alpha value is -1.70. The van der Waals surface area contributed by atoms with Crippen LogP contribution in [0.15, 0.2) is 36.7 Å². The quantitative estimate of drug-likeness (QED) is 0.762. The Morgan fingerprint density at radius 1 is 1.33 bits per heavy atom. The second-order valence-electron chi connectivity index (χ2n) is 6.45. The number of aryl methyl sites for hydroxylation is 1. The summed E-state index contributed by atoms with van der Waals surface area (Å²) in [4.78, 5) is 0. The lowest BCUT2D eigenvalue weighted by Crippen LogP contribution is -2.39. The van der Waals surface area contributed by atoms with Gasteiger partial charge in [0.2, 0.25) is 10.0 Å². The van der Waals surface area contributed by atoms with Crippen LogP contribution in [0.4, 0.5) is 0 Å². The van der Waals surface area contributed by atoms with Crippen molar-refractivity contribution in [1.82, 2.24) is 19.8 Å². The molecule has 0 saturated heterocycles. The molecule has 6 nitrogen and oxygen atoms in total. The Labute approximate surface area is 143 Å². The number of rotatable bonds is 8.